The number of fused-ring (bicyclic) bond motifs is 1. The van der Waals surface area contributed by atoms with Gasteiger partial charge in [0.1, 0.15) is 12.2 Å². The molecule has 0 bridgehead atoms. The molecule has 2 aliphatic heterocycles. The summed E-state index contributed by atoms with van der Waals surface area (Å²) in [6, 6.07) is 11.6. The first-order valence-electron chi connectivity index (χ1n) is 9.61. The highest BCUT2D eigenvalue weighted by Gasteiger charge is 2.33. The van der Waals surface area contributed by atoms with Gasteiger partial charge >= 0.3 is 0 Å². The zero-order valence-electron chi connectivity index (χ0n) is 16.0. The molecule has 4 rings (SSSR count). The summed E-state index contributed by atoms with van der Waals surface area (Å²) in [5, 5.41) is 0. The molecular weight excluding hydrogens is 358 g/mol. The Labute approximate surface area is 164 Å². The van der Waals surface area contributed by atoms with Crippen LogP contribution in [0.25, 0.3) is 0 Å². The van der Waals surface area contributed by atoms with Gasteiger partial charge in [0, 0.05) is 38.1 Å². The molecule has 148 valence electrons. The minimum Gasteiger partial charge on any atom is -0.497 e. The molecule has 1 aromatic heterocycles. The van der Waals surface area contributed by atoms with Crippen LogP contribution in [0, 0.1) is 0 Å². The molecule has 0 unspecified atom stereocenters. The molecule has 2 amide bonds. The van der Waals surface area contributed by atoms with Crippen molar-refractivity contribution in [2.75, 3.05) is 40.0 Å². The Morgan fingerprint density at radius 3 is 2.68 bits per heavy atom. The predicted molar refractivity (Wildman–Crippen MR) is 103 cm³/mol. The summed E-state index contributed by atoms with van der Waals surface area (Å²) in [7, 11) is 1.63. The van der Waals surface area contributed by atoms with Crippen LogP contribution in [0.4, 0.5) is 0 Å². The second-order valence-corrected chi connectivity index (χ2v) is 7.06. The first-order chi connectivity index (χ1) is 13.7. The molecule has 0 radical (unpaired) electrons. The lowest BCUT2D eigenvalue weighted by Gasteiger charge is -2.38. The van der Waals surface area contributed by atoms with E-state index in [1.165, 1.54) is 0 Å². The zero-order chi connectivity index (χ0) is 19.5. The van der Waals surface area contributed by atoms with E-state index in [1.807, 2.05) is 47.5 Å². The Kier molecular flexibility index (Phi) is 5.34. The summed E-state index contributed by atoms with van der Waals surface area (Å²) in [6.07, 6.45) is 1.92. The molecule has 1 saturated heterocycles. The van der Waals surface area contributed by atoms with E-state index < -0.39 is 0 Å². The number of carbonyl (C=O) groups excluding carboxylic acids is 2. The first kappa shape index (κ1) is 18.6. The maximum Gasteiger partial charge on any atom is 0.232 e. The van der Waals surface area contributed by atoms with Gasteiger partial charge in [0.25, 0.3) is 0 Å². The second-order valence-electron chi connectivity index (χ2n) is 7.06. The Bertz CT molecular complexity index is 857. The molecule has 1 fully saturated rings. The number of aromatic nitrogens is 1. The smallest absolute Gasteiger partial charge is 0.232 e. The van der Waals surface area contributed by atoms with Gasteiger partial charge in [-0.15, -0.1) is 0 Å². The number of morpholine rings is 1. The third-order valence-corrected chi connectivity index (χ3v) is 5.43. The van der Waals surface area contributed by atoms with E-state index in [2.05, 4.69) is 4.57 Å². The number of amides is 2. The standard InChI is InChI=1S/C21H25N3O4/c1-27-17-5-2-4-16(14-17)21-18-6-3-7-22(18)8-9-24(21)20(26)15-19(25)23-10-12-28-13-11-23/h2-7,14,21H,8-13,15H2,1H3/t21-/m1/s1. The van der Waals surface area contributed by atoms with E-state index in [0.717, 1.165) is 23.6 Å². The lowest BCUT2D eigenvalue weighted by atomic mass is 9.99. The van der Waals surface area contributed by atoms with Gasteiger partial charge in [0.05, 0.1) is 26.4 Å². The molecule has 3 heterocycles. The number of carbonyl (C=O) groups is 2. The van der Waals surface area contributed by atoms with Gasteiger partial charge in [0.2, 0.25) is 11.8 Å². The summed E-state index contributed by atoms with van der Waals surface area (Å²) in [6.45, 7) is 3.45. The van der Waals surface area contributed by atoms with Crippen LogP contribution in [0.1, 0.15) is 23.7 Å². The summed E-state index contributed by atoms with van der Waals surface area (Å²) < 4.78 is 12.8. The average molecular weight is 383 g/mol. The van der Waals surface area contributed by atoms with Crippen LogP contribution in [0.5, 0.6) is 5.75 Å². The van der Waals surface area contributed by atoms with Crippen LogP contribution in [0.2, 0.25) is 0 Å². The monoisotopic (exact) mass is 383 g/mol. The predicted octanol–water partition coefficient (Wildman–Crippen LogP) is 1.68. The van der Waals surface area contributed by atoms with Crippen LogP contribution in [0.3, 0.4) is 0 Å². The van der Waals surface area contributed by atoms with Gasteiger partial charge in [0.15, 0.2) is 0 Å². The van der Waals surface area contributed by atoms with Crippen LogP contribution in [-0.2, 0) is 20.9 Å². The maximum atomic E-state index is 13.1. The Balaban J connectivity index is 1.59. The number of hydrogen-bond donors (Lipinski definition) is 0. The van der Waals surface area contributed by atoms with Crippen molar-refractivity contribution in [2.24, 2.45) is 0 Å². The van der Waals surface area contributed by atoms with Crippen LogP contribution in [0.15, 0.2) is 42.6 Å². The maximum absolute atomic E-state index is 13.1. The summed E-state index contributed by atoms with van der Waals surface area (Å²) in [4.78, 5) is 29.3. The lowest BCUT2D eigenvalue weighted by Crippen LogP contribution is -2.46. The van der Waals surface area contributed by atoms with Gasteiger partial charge < -0.3 is 23.8 Å². The Morgan fingerprint density at radius 1 is 1.07 bits per heavy atom. The van der Waals surface area contributed by atoms with Gasteiger partial charge in [-0.1, -0.05) is 12.1 Å². The SMILES string of the molecule is COc1cccc([C@@H]2c3cccn3CCN2C(=O)CC(=O)N2CCOCC2)c1. The molecule has 0 saturated carbocycles. The van der Waals surface area contributed by atoms with Crippen molar-refractivity contribution in [3.63, 3.8) is 0 Å². The number of methoxy groups -OCH3 is 1. The van der Waals surface area contributed by atoms with Crippen LogP contribution in [-0.4, -0.2) is 66.1 Å². The van der Waals surface area contributed by atoms with E-state index in [0.29, 0.717) is 32.8 Å². The number of rotatable bonds is 4. The number of hydrogen-bond acceptors (Lipinski definition) is 4. The Morgan fingerprint density at radius 2 is 1.89 bits per heavy atom. The molecule has 2 aromatic rings. The third kappa shape index (κ3) is 3.62. The molecule has 1 atom stereocenters. The van der Waals surface area contributed by atoms with Crippen molar-refractivity contribution in [1.29, 1.82) is 0 Å². The van der Waals surface area contributed by atoms with Gasteiger partial charge in [-0.25, -0.2) is 0 Å². The van der Waals surface area contributed by atoms with E-state index in [9.17, 15) is 9.59 Å². The van der Waals surface area contributed by atoms with E-state index in [4.69, 9.17) is 9.47 Å². The van der Waals surface area contributed by atoms with Crippen molar-refractivity contribution >= 4 is 11.8 Å². The first-order valence-corrected chi connectivity index (χ1v) is 9.61. The Hall–Kier alpha value is -2.80. The fraction of sp³-hybridized carbons (Fsp3) is 0.429. The van der Waals surface area contributed by atoms with Crippen molar-refractivity contribution in [3.8, 4) is 5.75 Å². The molecular formula is C21H25N3O4. The zero-order valence-corrected chi connectivity index (χ0v) is 16.0. The number of nitrogens with zero attached hydrogens (tertiary/aromatic N) is 3. The molecule has 28 heavy (non-hydrogen) atoms. The molecule has 7 heteroatoms. The van der Waals surface area contributed by atoms with E-state index in [1.54, 1.807) is 12.0 Å². The summed E-state index contributed by atoms with van der Waals surface area (Å²) in [5.74, 6) is 0.480. The van der Waals surface area contributed by atoms with Crippen LogP contribution < -0.4 is 4.74 Å². The summed E-state index contributed by atoms with van der Waals surface area (Å²) in [5.41, 5.74) is 2.03. The molecule has 2 aliphatic rings. The van der Waals surface area contributed by atoms with Crippen molar-refractivity contribution < 1.29 is 19.1 Å². The molecule has 0 aliphatic carbocycles. The van der Waals surface area contributed by atoms with Gasteiger partial charge in [-0.3, -0.25) is 9.59 Å². The largest absolute Gasteiger partial charge is 0.497 e. The van der Waals surface area contributed by atoms with E-state index >= 15 is 0 Å². The highest BCUT2D eigenvalue weighted by atomic mass is 16.5. The van der Waals surface area contributed by atoms with Crippen molar-refractivity contribution in [1.82, 2.24) is 14.4 Å². The minimum absolute atomic E-state index is 0.110. The number of benzene rings is 1. The fourth-order valence-corrected chi connectivity index (χ4v) is 3.97. The molecule has 0 spiro atoms. The quantitative estimate of drug-likeness (QED) is 0.754. The van der Waals surface area contributed by atoms with E-state index in [-0.39, 0.29) is 24.3 Å². The third-order valence-electron chi connectivity index (χ3n) is 5.43. The minimum atomic E-state index is -0.233. The van der Waals surface area contributed by atoms with Crippen LogP contribution >= 0.6 is 0 Å². The highest BCUT2D eigenvalue weighted by molar-refractivity contribution is 5.97. The lowest BCUT2D eigenvalue weighted by molar-refractivity contribution is -0.144. The fourth-order valence-electron chi connectivity index (χ4n) is 3.97. The topological polar surface area (TPSA) is 64.0 Å². The second kappa shape index (κ2) is 8.06. The normalized spacial score (nSPS) is 19.2. The highest BCUT2D eigenvalue weighted by Crippen LogP contribution is 2.34. The van der Waals surface area contributed by atoms with Gasteiger partial charge in [-0.05, 0) is 29.8 Å². The number of ether oxygens (including phenoxy) is 2. The van der Waals surface area contributed by atoms with Crippen molar-refractivity contribution in [3.05, 3.63) is 53.9 Å². The molecule has 1 aromatic carbocycles. The molecule has 0 N–H and O–H groups in total. The summed E-state index contributed by atoms with van der Waals surface area (Å²) >= 11 is 0. The molecule has 7 nitrogen and oxygen atoms in total. The van der Waals surface area contributed by atoms with Gasteiger partial charge in [-0.2, -0.15) is 0 Å². The average Bonchev–Trinajstić information content (AvgIpc) is 3.22. The van der Waals surface area contributed by atoms with Crippen molar-refractivity contribution in [2.45, 2.75) is 19.0 Å².